The zero-order valence-electron chi connectivity index (χ0n) is 12.8. The average Bonchev–Trinajstić information content (AvgIpc) is 2.44. The first-order valence-corrected chi connectivity index (χ1v) is 8.02. The number of rotatable bonds is 6. The molecule has 1 aliphatic heterocycles. The van der Waals surface area contributed by atoms with Crippen molar-refractivity contribution in [3.63, 3.8) is 0 Å². The Morgan fingerprint density at radius 1 is 1.18 bits per heavy atom. The van der Waals surface area contributed by atoms with Crippen molar-refractivity contribution in [1.82, 2.24) is 15.5 Å². The normalized spacial score (nSPS) is 15.9. The van der Waals surface area contributed by atoms with Crippen LogP contribution >= 0.6 is 15.9 Å². The zero-order chi connectivity index (χ0) is 16.1. The van der Waals surface area contributed by atoms with Gasteiger partial charge in [-0.3, -0.25) is 14.9 Å². The van der Waals surface area contributed by atoms with Crippen LogP contribution in [-0.4, -0.2) is 43.9 Å². The largest absolute Gasteiger partial charge is 0.390 e. The van der Waals surface area contributed by atoms with E-state index in [4.69, 9.17) is 0 Å². The molecule has 0 aliphatic carbocycles. The molecular formula is C16H20BrN3O2. The lowest BCUT2D eigenvalue weighted by atomic mass is 9.96. The number of nitrogens with one attached hydrogen (secondary N) is 2. The number of carbonyl (C=O) groups is 2. The number of hydrogen-bond acceptors (Lipinski definition) is 4. The molecule has 0 radical (unpaired) electrons. The second-order valence-electron chi connectivity index (χ2n) is 5.50. The molecule has 6 heteroatoms. The Kier molecular flexibility index (Phi) is 5.74. The molecule has 0 atom stereocenters. The molecule has 118 valence electrons. The summed E-state index contributed by atoms with van der Waals surface area (Å²) < 4.78 is 0.839. The number of hydrogen-bond donors (Lipinski definition) is 2. The molecule has 1 aromatic carbocycles. The highest BCUT2D eigenvalue weighted by atomic mass is 79.9. The molecule has 0 fully saturated rings. The summed E-state index contributed by atoms with van der Waals surface area (Å²) in [6.07, 6.45) is 3.81. The lowest BCUT2D eigenvalue weighted by molar-refractivity contribution is -0.114. The first-order chi connectivity index (χ1) is 10.5. The van der Waals surface area contributed by atoms with Crippen molar-refractivity contribution >= 4 is 33.3 Å². The van der Waals surface area contributed by atoms with Gasteiger partial charge in [-0.15, -0.1) is 0 Å². The summed E-state index contributed by atoms with van der Waals surface area (Å²) in [5.41, 5.74) is 1.66. The molecule has 0 unspecified atom stereocenters. The number of fused-ring (bicyclic) bond motifs is 1. The van der Waals surface area contributed by atoms with E-state index in [-0.39, 0.29) is 11.8 Å². The van der Waals surface area contributed by atoms with Crippen molar-refractivity contribution in [1.29, 1.82) is 0 Å². The molecule has 2 amide bonds. The Hall–Kier alpha value is -1.66. The third-order valence-corrected chi connectivity index (χ3v) is 3.90. The van der Waals surface area contributed by atoms with Crippen LogP contribution in [0.25, 0.3) is 5.57 Å². The van der Waals surface area contributed by atoms with Crippen molar-refractivity contribution in [3.8, 4) is 0 Å². The van der Waals surface area contributed by atoms with Gasteiger partial charge in [-0.2, -0.15) is 0 Å². The second-order valence-corrected chi connectivity index (χ2v) is 6.41. The van der Waals surface area contributed by atoms with Gasteiger partial charge in [-0.1, -0.05) is 15.9 Å². The van der Waals surface area contributed by atoms with Crippen molar-refractivity contribution < 1.29 is 9.59 Å². The summed E-state index contributed by atoms with van der Waals surface area (Å²) >= 11 is 3.38. The number of amides is 2. The van der Waals surface area contributed by atoms with E-state index in [9.17, 15) is 9.59 Å². The fraction of sp³-hybridized carbons (Fsp3) is 0.375. The van der Waals surface area contributed by atoms with Gasteiger partial charge >= 0.3 is 0 Å². The topological polar surface area (TPSA) is 61.4 Å². The van der Waals surface area contributed by atoms with Crippen LogP contribution in [0.4, 0.5) is 0 Å². The molecule has 2 N–H and O–H groups in total. The van der Waals surface area contributed by atoms with Crippen LogP contribution in [0.3, 0.4) is 0 Å². The highest BCUT2D eigenvalue weighted by Gasteiger charge is 2.27. The van der Waals surface area contributed by atoms with E-state index in [2.05, 4.69) is 31.5 Å². The standard InChI is InChI=1S/C16H20BrN3O2/c1-20(2)8-4-3-7-18-10-14-13-9-11(17)5-6-12(13)15(21)19-16(14)22/h5-6,9-10,18H,3-4,7-8H2,1-2H3,(H,19,21,22). The van der Waals surface area contributed by atoms with Crippen molar-refractivity contribution in [2.45, 2.75) is 12.8 Å². The summed E-state index contributed by atoms with van der Waals surface area (Å²) in [6, 6.07) is 5.30. The minimum absolute atomic E-state index is 0.351. The van der Waals surface area contributed by atoms with Crippen LogP contribution < -0.4 is 10.6 Å². The summed E-state index contributed by atoms with van der Waals surface area (Å²) in [4.78, 5) is 26.0. The lowest BCUT2D eigenvalue weighted by Gasteiger charge is -2.18. The Morgan fingerprint density at radius 3 is 2.68 bits per heavy atom. The van der Waals surface area contributed by atoms with Crippen LogP contribution in [0.2, 0.25) is 0 Å². The van der Waals surface area contributed by atoms with Crippen LogP contribution in [0.15, 0.2) is 28.9 Å². The van der Waals surface area contributed by atoms with Crippen molar-refractivity contribution in [2.24, 2.45) is 0 Å². The molecule has 0 saturated carbocycles. The van der Waals surface area contributed by atoms with Gasteiger partial charge in [0, 0.05) is 28.3 Å². The SMILES string of the molecule is CN(C)CCCCNC=C1C(=O)NC(=O)c2ccc(Br)cc21. The molecule has 1 heterocycles. The molecule has 1 aromatic rings. The van der Waals surface area contributed by atoms with Crippen LogP contribution in [-0.2, 0) is 4.79 Å². The minimum Gasteiger partial charge on any atom is -0.390 e. The molecule has 0 spiro atoms. The smallest absolute Gasteiger partial charge is 0.260 e. The van der Waals surface area contributed by atoms with Gasteiger partial charge in [0.25, 0.3) is 11.8 Å². The van der Waals surface area contributed by atoms with Gasteiger partial charge in [0.05, 0.1) is 5.57 Å². The minimum atomic E-state index is -0.364. The number of unbranched alkanes of at least 4 members (excludes halogenated alkanes) is 1. The third kappa shape index (κ3) is 4.18. The highest BCUT2D eigenvalue weighted by molar-refractivity contribution is 9.10. The molecule has 0 bridgehead atoms. The zero-order valence-corrected chi connectivity index (χ0v) is 14.4. The Morgan fingerprint density at radius 2 is 1.95 bits per heavy atom. The molecule has 22 heavy (non-hydrogen) atoms. The summed E-state index contributed by atoms with van der Waals surface area (Å²) in [5.74, 6) is -0.716. The van der Waals surface area contributed by atoms with Gasteiger partial charge < -0.3 is 10.2 Å². The predicted molar refractivity (Wildman–Crippen MR) is 90.4 cm³/mol. The van der Waals surface area contributed by atoms with E-state index in [1.807, 2.05) is 14.1 Å². The number of halogens is 1. The van der Waals surface area contributed by atoms with E-state index in [1.165, 1.54) is 0 Å². The molecule has 0 saturated heterocycles. The Balaban J connectivity index is 2.05. The van der Waals surface area contributed by atoms with E-state index >= 15 is 0 Å². The molecule has 0 aromatic heterocycles. The van der Waals surface area contributed by atoms with Crippen LogP contribution in [0.1, 0.15) is 28.8 Å². The first-order valence-electron chi connectivity index (χ1n) is 7.23. The van der Waals surface area contributed by atoms with Crippen LogP contribution in [0, 0.1) is 0 Å². The molecule has 5 nitrogen and oxygen atoms in total. The summed E-state index contributed by atoms with van der Waals surface area (Å²) in [7, 11) is 4.10. The van der Waals surface area contributed by atoms with Gasteiger partial charge in [0.2, 0.25) is 0 Å². The van der Waals surface area contributed by atoms with E-state index < -0.39 is 0 Å². The van der Waals surface area contributed by atoms with Crippen molar-refractivity contribution in [3.05, 3.63) is 40.0 Å². The number of benzene rings is 1. The Bertz CT molecular complexity index is 611. The van der Waals surface area contributed by atoms with Gasteiger partial charge in [0.1, 0.15) is 0 Å². The number of nitrogens with zero attached hydrogens (tertiary/aromatic N) is 1. The quantitative estimate of drug-likeness (QED) is 0.459. The maximum Gasteiger partial charge on any atom is 0.260 e. The number of imide groups is 1. The molecule has 2 rings (SSSR count). The summed E-state index contributed by atoms with van der Waals surface area (Å²) in [6.45, 7) is 1.84. The lowest BCUT2D eigenvalue weighted by Crippen LogP contribution is -2.37. The average molecular weight is 366 g/mol. The fourth-order valence-electron chi connectivity index (χ4n) is 2.27. The monoisotopic (exact) mass is 365 g/mol. The third-order valence-electron chi connectivity index (χ3n) is 3.41. The number of carbonyl (C=O) groups excluding carboxylic acids is 2. The maximum absolute atomic E-state index is 12.0. The molecule has 1 aliphatic rings. The predicted octanol–water partition coefficient (Wildman–Crippen LogP) is 1.99. The van der Waals surface area contributed by atoms with Crippen LogP contribution in [0.5, 0.6) is 0 Å². The Labute approximate surface area is 138 Å². The van der Waals surface area contributed by atoms with E-state index in [0.29, 0.717) is 16.7 Å². The molecular weight excluding hydrogens is 346 g/mol. The fourth-order valence-corrected chi connectivity index (χ4v) is 2.63. The van der Waals surface area contributed by atoms with E-state index in [1.54, 1.807) is 24.4 Å². The van der Waals surface area contributed by atoms with E-state index in [0.717, 1.165) is 30.4 Å². The first kappa shape index (κ1) is 16.7. The van der Waals surface area contributed by atoms with Gasteiger partial charge in [-0.05, 0) is 51.7 Å². The van der Waals surface area contributed by atoms with Gasteiger partial charge in [-0.25, -0.2) is 0 Å². The highest BCUT2D eigenvalue weighted by Crippen LogP contribution is 2.26. The van der Waals surface area contributed by atoms with Crippen molar-refractivity contribution in [2.75, 3.05) is 27.2 Å². The summed E-state index contributed by atoms with van der Waals surface area (Å²) in [5, 5.41) is 5.53. The maximum atomic E-state index is 12.0. The van der Waals surface area contributed by atoms with Gasteiger partial charge in [0.15, 0.2) is 0 Å². The second kappa shape index (κ2) is 7.56.